The maximum atomic E-state index is 12.5. The van der Waals surface area contributed by atoms with Crippen LogP contribution in [-0.4, -0.2) is 23.2 Å². The van der Waals surface area contributed by atoms with Crippen LogP contribution < -0.4 is 5.32 Å². The number of hydrogen-bond donors (Lipinski definition) is 2. The Hall–Kier alpha value is -1.56. The van der Waals surface area contributed by atoms with E-state index in [1.165, 1.54) is 12.1 Å². The van der Waals surface area contributed by atoms with Gasteiger partial charge in [-0.25, -0.2) is 0 Å². The first-order valence-electron chi connectivity index (χ1n) is 7.75. The highest BCUT2D eigenvalue weighted by Gasteiger charge is 2.42. The smallest absolute Gasteiger partial charge is 0.394 e. The van der Waals surface area contributed by atoms with Crippen molar-refractivity contribution in [2.45, 2.75) is 44.8 Å². The van der Waals surface area contributed by atoms with E-state index in [0.717, 1.165) is 25.0 Å². The molecule has 1 aliphatic rings. The first-order valence-corrected chi connectivity index (χ1v) is 7.75. The number of hydrogen-bond acceptors (Lipinski definition) is 2. The summed E-state index contributed by atoms with van der Waals surface area (Å²) in [6, 6.07) is 4.86. The number of aliphatic hydroxyl groups excluding tert-OH is 1. The number of benzene rings is 1. The fourth-order valence-corrected chi connectivity index (χ4v) is 2.67. The predicted molar refractivity (Wildman–Crippen MR) is 80.7 cm³/mol. The minimum atomic E-state index is -4.35. The Bertz CT molecular complexity index is 552. The summed E-state index contributed by atoms with van der Waals surface area (Å²) in [6.45, 7) is 3.45. The Labute approximate surface area is 133 Å². The van der Waals surface area contributed by atoms with E-state index in [1.54, 1.807) is 6.92 Å². The van der Waals surface area contributed by atoms with Crippen molar-refractivity contribution in [3.63, 3.8) is 0 Å². The van der Waals surface area contributed by atoms with Gasteiger partial charge in [-0.1, -0.05) is 19.1 Å². The topological polar surface area (TPSA) is 49.3 Å². The number of alkyl halides is 3. The van der Waals surface area contributed by atoms with Crippen molar-refractivity contribution in [1.82, 2.24) is 5.32 Å². The Kier molecular flexibility index (Phi) is 5.04. The van der Waals surface area contributed by atoms with Gasteiger partial charge < -0.3 is 10.4 Å². The van der Waals surface area contributed by atoms with Gasteiger partial charge in [0, 0.05) is 5.92 Å². The summed E-state index contributed by atoms with van der Waals surface area (Å²) in [7, 11) is 0. The van der Waals surface area contributed by atoms with Crippen LogP contribution in [-0.2, 0) is 17.4 Å². The average molecular weight is 329 g/mol. The van der Waals surface area contributed by atoms with E-state index < -0.39 is 17.3 Å². The van der Waals surface area contributed by atoms with Gasteiger partial charge in [0.25, 0.3) is 0 Å². The highest BCUT2D eigenvalue weighted by atomic mass is 19.4. The molecule has 0 radical (unpaired) electrons. The zero-order valence-corrected chi connectivity index (χ0v) is 13.3. The van der Waals surface area contributed by atoms with Crippen LogP contribution >= 0.6 is 0 Å². The molecule has 0 saturated heterocycles. The van der Waals surface area contributed by atoms with Gasteiger partial charge in [-0.3, -0.25) is 4.79 Å². The van der Waals surface area contributed by atoms with Crippen molar-refractivity contribution in [2.75, 3.05) is 6.61 Å². The molecule has 1 aromatic rings. The maximum Gasteiger partial charge on any atom is 0.416 e. The van der Waals surface area contributed by atoms with Gasteiger partial charge in [0.15, 0.2) is 0 Å². The lowest BCUT2D eigenvalue weighted by atomic mass is 9.94. The van der Waals surface area contributed by atoms with Crippen LogP contribution in [0.1, 0.15) is 37.8 Å². The van der Waals surface area contributed by atoms with Crippen molar-refractivity contribution < 1.29 is 23.1 Å². The summed E-state index contributed by atoms with van der Waals surface area (Å²) in [5.41, 5.74) is -0.622. The summed E-state index contributed by atoms with van der Waals surface area (Å²) < 4.78 is 37.6. The molecule has 1 aromatic carbocycles. The second-order valence-corrected chi connectivity index (χ2v) is 6.64. The van der Waals surface area contributed by atoms with Crippen LogP contribution in [0.2, 0.25) is 0 Å². The number of rotatable bonds is 6. The van der Waals surface area contributed by atoms with E-state index in [2.05, 4.69) is 5.32 Å². The number of nitrogens with one attached hydrogen (secondary N) is 1. The van der Waals surface area contributed by atoms with Crippen LogP contribution in [0, 0.1) is 11.8 Å². The average Bonchev–Trinajstić information content (AvgIpc) is 3.31. The standard InChI is InChI=1S/C17H22F3NO2/c1-11(15(23)21-16(2,10-22)13-7-8-13)9-12-3-5-14(6-4-12)17(18,19)20/h3-6,11,13,22H,7-10H2,1-2H3,(H,21,23). The SMILES string of the molecule is CC(Cc1ccc(C(F)(F)F)cc1)C(=O)NC(C)(CO)C1CC1. The number of carbonyl (C=O) groups excluding carboxylic acids is 1. The fraction of sp³-hybridized carbons (Fsp3) is 0.588. The number of halogens is 3. The van der Waals surface area contributed by atoms with E-state index in [9.17, 15) is 23.1 Å². The van der Waals surface area contributed by atoms with Crippen molar-refractivity contribution in [1.29, 1.82) is 0 Å². The molecule has 6 heteroatoms. The van der Waals surface area contributed by atoms with Crippen LogP contribution in [0.15, 0.2) is 24.3 Å². The number of amides is 1. The van der Waals surface area contributed by atoms with Crippen LogP contribution in [0.5, 0.6) is 0 Å². The molecular formula is C17H22F3NO2. The predicted octanol–water partition coefficient (Wildman–Crippen LogP) is 3.16. The Morgan fingerprint density at radius 2 is 1.87 bits per heavy atom. The van der Waals surface area contributed by atoms with Crippen molar-refractivity contribution in [3.05, 3.63) is 35.4 Å². The minimum absolute atomic E-state index is 0.115. The third-order valence-electron chi connectivity index (χ3n) is 4.49. The Balaban J connectivity index is 1.95. The molecule has 3 nitrogen and oxygen atoms in total. The lowest BCUT2D eigenvalue weighted by Crippen LogP contribution is -2.52. The third kappa shape index (κ3) is 4.47. The zero-order valence-electron chi connectivity index (χ0n) is 13.3. The molecule has 0 aliphatic heterocycles. The van der Waals surface area contributed by atoms with Gasteiger partial charge >= 0.3 is 6.18 Å². The molecule has 0 aromatic heterocycles. The van der Waals surface area contributed by atoms with Gasteiger partial charge in [0.05, 0.1) is 17.7 Å². The molecule has 128 valence electrons. The first-order chi connectivity index (χ1) is 10.7. The molecule has 1 amide bonds. The molecule has 0 heterocycles. The van der Waals surface area contributed by atoms with Crippen LogP contribution in [0.4, 0.5) is 13.2 Å². The molecule has 2 rings (SSSR count). The third-order valence-corrected chi connectivity index (χ3v) is 4.49. The summed E-state index contributed by atoms with van der Waals surface area (Å²) >= 11 is 0. The normalized spacial score (nSPS) is 19.0. The lowest BCUT2D eigenvalue weighted by Gasteiger charge is -2.30. The van der Waals surface area contributed by atoms with E-state index in [0.29, 0.717) is 17.9 Å². The summed E-state index contributed by atoms with van der Waals surface area (Å²) in [4.78, 5) is 12.3. The largest absolute Gasteiger partial charge is 0.416 e. The van der Waals surface area contributed by atoms with Crippen LogP contribution in [0.3, 0.4) is 0 Å². The van der Waals surface area contributed by atoms with E-state index in [1.807, 2.05) is 6.92 Å². The number of aliphatic hydroxyl groups is 1. The Morgan fingerprint density at radius 1 is 1.30 bits per heavy atom. The maximum absolute atomic E-state index is 12.5. The monoisotopic (exact) mass is 329 g/mol. The molecule has 1 fully saturated rings. The molecule has 1 saturated carbocycles. The van der Waals surface area contributed by atoms with E-state index in [-0.39, 0.29) is 18.4 Å². The molecule has 1 aliphatic carbocycles. The van der Waals surface area contributed by atoms with Crippen LogP contribution in [0.25, 0.3) is 0 Å². The highest BCUT2D eigenvalue weighted by Crippen LogP contribution is 2.39. The fourth-order valence-electron chi connectivity index (χ4n) is 2.67. The Morgan fingerprint density at radius 3 is 2.30 bits per heavy atom. The van der Waals surface area contributed by atoms with Gasteiger partial charge in [0.2, 0.25) is 5.91 Å². The summed E-state index contributed by atoms with van der Waals surface area (Å²) in [5, 5.41) is 12.4. The first kappa shape index (κ1) is 17.8. The molecule has 2 N–H and O–H groups in total. The summed E-state index contributed by atoms with van der Waals surface area (Å²) in [5.74, 6) is -0.264. The van der Waals surface area contributed by atoms with Gasteiger partial charge in [0.1, 0.15) is 0 Å². The quantitative estimate of drug-likeness (QED) is 0.842. The molecular weight excluding hydrogens is 307 g/mol. The van der Waals surface area contributed by atoms with Gasteiger partial charge in [-0.15, -0.1) is 0 Å². The van der Waals surface area contributed by atoms with Gasteiger partial charge in [-0.05, 0) is 49.8 Å². The molecule has 2 atom stereocenters. The van der Waals surface area contributed by atoms with Crippen molar-refractivity contribution >= 4 is 5.91 Å². The van der Waals surface area contributed by atoms with Crippen molar-refractivity contribution in [2.24, 2.45) is 11.8 Å². The highest BCUT2D eigenvalue weighted by molar-refractivity contribution is 5.79. The number of carbonyl (C=O) groups is 1. The van der Waals surface area contributed by atoms with E-state index in [4.69, 9.17) is 0 Å². The second kappa shape index (κ2) is 6.51. The molecule has 0 bridgehead atoms. The van der Waals surface area contributed by atoms with Crippen molar-refractivity contribution in [3.8, 4) is 0 Å². The zero-order chi connectivity index (χ0) is 17.3. The second-order valence-electron chi connectivity index (χ2n) is 6.64. The van der Waals surface area contributed by atoms with Gasteiger partial charge in [-0.2, -0.15) is 13.2 Å². The lowest BCUT2D eigenvalue weighted by molar-refractivity contribution is -0.137. The van der Waals surface area contributed by atoms with E-state index >= 15 is 0 Å². The molecule has 2 unspecified atom stereocenters. The molecule has 23 heavy (non-hydrogen) atoms. The summed E-state index contributed by atoms with van der Waals surface area (Å²) in [6.07, 6.45) is -2.01. The minimum Gasteiger partial charge on any atom is -0.394 e. The molecule has 0 spiro atoms.